The van der Waals surface area contributed by atoms with Crippen molar-refractivity contribution in [3.8, 4) is 5.75 Å². The Balaban J connectivity index is 1.66. The van der Waals surface area contributed by atoms with Crippen LogP contribution < -0.4 is 15.4 Å². The number of halogens is 5. The van der Waals surface area contributed by atoms with Gasteiger partial charge in [-0.1, -0.05) is 11.6 Å². The van der Waals surface area contributed by atoms with Crippen LogP contribution in [0.15, 0.2) is 36.5 Å². The lowest BCUT2D eigenvalue weighted by molar-refractivity contribution is -0.137. The molecule has 1 aromatic heterocycles. The summed E-state index contributed by atoms with van der Waals surface area (Å²) in [6.45, 7) is -0.547. The van der Waals surface area contributed by atoms with Gasteiger partial charge in [0, 0.05) is 25.4 Å². The van der Waals surface area contributed by atoms with Crippen LogP contribution in [0.3, 0.4) is 0 Å². The van der Waals surface area contributed by atoms with E-state index in [0.29, 0.717) is 6.20 Å². The number of carbonyl (C=O) groups excluding carboxylic acids is 2. The second kappa shape index (κ2) is 10.9. The number of benzene rings is 1. The number of ether oxygens (including phenoxy) is 1. The number of amides is 2. The molecule has 168 valence electrons. The molecule has 0 bridgehead atoms. The summed E-state index contributed by atoms with van der Waals surface area (Å²) in [5, 5.41) is 14.6. The van der Waals surface area contributed by atoms with E-state index in [2.05, 4.69) is 15.6 Å². The lowest BCUT2D eigenvalue weighted by Crippen LogP contribution is -2.37. The van der Waals surface area contributed by atoms with Crippen molar-refractivity contribution in [3.63, 3.8) is 0 Å². The fraction of sp³-hybridized carbons (Fsp3) is 0.316. The van der Waals surface area contributed by atoms with Crippen molar-refractivity contribution in [3.05, 3.63) is 58.6 Å². The summed E-state index contributed by atoms with van der Waals surface area (Å²) in [4.78, 5) is 27.0. The summed E-state index contributed by atoms with van der Waals surface area (Å²) >= 11 is 5.54. The molecule has 1 atom stereocenters. The smallest absolute Gasteiger partial charge is 0.417 e. The first-order valence-electron chi connectivity index (χ1n) is 8.90. The Morgan fingerprint density at radius 2 is 1.94 bits per heavy atom. The number of nitrogens with one attached hydrogen (secondary N) is 2. The fourth-order valence-corrected chi connectivity index (χ4v) is 2.36. The molecule has 3 N–H and O–H groups in total. The van der Waals surface area contributed by atoms with Crippen molar-refractivity contribution in [2.75, 3.05) is 19.7 Å². The molecule has 0 spiro atoms. The molecule has 0 aliphatic heterocycles. The predicted molar refractivity (Wildman–Crippen MR) is 102 cm³/mol. The molecule has 7 nitrogen and oxygen atoms in total. The van der Waals surface area contributed by atoms with E-state index in [0.717, 1.165) is 18.2 Å². The molecule has 0 aliphatic rings. The maximum Gasteiger partial charge on any atom is 0.417 e. The van der Waals surface area contributed by atoms with E-state index in [1.54, 1.807) is 0 Å². The van der Waals surface area contributed by atoms with Gasteiger partial charge in [0.15, 0.2) is 6.61 Å². The first-order valence-corrected chi connectivity index (χ1v) is 9.28. The minimum absolute atomic E-state index is 0.000869. The summed E-state index contributed by atoms with van der Waals surface area (Å²) in [7, 11) is 0. The molecular formula is C19H18ClF4N3O4. The van der Waals surface area contributed by atoms with Crippen LogP contribution in [0, 0.1) is 5.82 Å². The van der Waals surface area contributed by atoms with Gasteiger partial charge in [-0.2, -0.15) is 13.2 Å². The van der Waals surface area contributed by atoms with Crippen molar-refractivity contribution in [2.45, 2.75) is 18.7 Å². The fourth-order valence-electron chi connectivity index (χ4n) is 2.24. The van der Waals surface area contributed by atoms with Crippen LogP contribution in [0.5, 0.6) is 5.75 Å². The van der Waals surface area contributed by atoms with Crippen LogP contribution in [-0.4, -0.2) is 47.7 Å². The molecule has 0 unspecified atom stereocenters. The number of aliphatic hydroxyl groups is 1. The standard InChI is InChI=1S/C19H18ClF4N3O4/c20-14-3-2-13(7-15(14)21)31-10-17(29)27-9-12(28)5-6-25-18(30)16-4-1-11(8-26-16)19(22,23)24/h1-4,7-8,12,28H,5-6,9-10H2,(H,25,30)(H,27,29)/t12-/m0/s1. The number of alkyl halides is 3. The Kier molecular flexibility index (Phi) is 8.57. The minimum atomic E-state index is -4.55. The number of hydrogen-bond donors (Lipinski definition) is 3. The van der Waals surface area contributed by atoms with E-state index in [-0.39, 0.29) is 36.0 Å². The third-order valence-electron chi connectivity index (χ3n) is 3.88. The van der Waals surface area contributed by atoms with Gasteiger partial charge in [0.2, 0.25) is 0 Å². The molecule has 1 heterocycles. The Labute approximate surface area is 179 Å². The highest BCUT2D eigenvalue weighted by molar-refractivity contribution is 6.30. The molecule has 0 aliphatic carbocycles. The highest BCUT2D eigenvalue weighted by Gasteiger charge is 2.30. The van der Waals surface area contributed by atoms with Gasteiger partial charge in [0.25, 0.3) is 11.8 Å². The highest BCUT2D eigenvalue weighted by atomic mass is 35.5. The number of rotatable bonds is 9. The van der Waals surface area contributed by atoms with Gasteiger partial charge in [-0.15, -0.1) is 0 Å². The molecule has 2 aromatic rings. The number of pyridine rings is 1. The summed E-state index contributed by atoms with van der Waals surface area (Å²) in [5.41, 5.74) is -1.17. The van der Waals surface area contributed by atoms with Gasteiger partial charge < -0.3 is 20.5 Å². The minimum Gasteiger partial charge on any atom is -0.484 e. The van der Waals surface area contributed by atoms with Gasteiger partial charge >= 0.3 is 6.18 Å². The van der Waals surface area contributed by atoms with E-state index in [4.69, 9.17) is 16.3 Å². The van der Waals surface area contributed by atoms with Crippen LogP contribution in [0.1, 0.15) is 22.5 Å². The van der Waals surface area contributed by atoms with Crippen LogP contribution in [0.25, 0.3) is 0 Å². The van der Waals surface area contributed by atoms with E-state index in [1.165, 1.54) is 12.1 Å². The molecule has 0 fully saturated rings. The quantitative estimate of drug-likeness (QED) is 0.496. The number of aromatic nitrogens is 1. The van der Waals surface area contributed by atoms with Crippen LogP contribution in [0.2, 0.25) is 5.02 Å². The van der Waals surface area contributed by atoms with Gasteiger partial charge in [-0.05, 0) is 30.7 Å². The molecule has 12 heteroatoms. The third-order valence-corrected chi connectivity index (χ3v) is 4.19. The summed E-state index contributed by atoms with van der Waals surface area (Å²) in [6.07, 6.45) is -4.93. The SMILES string of the molecule is O=C(COc1ccc(Cl)c(F)c1)NC[C@@H](O)CCNC(=O)c1ccc(C(F)(F)F)cn1. The lowest BCUT2D eigenvalue weighted by atomic mass is 10.2. The topological polar surface area (TPSA) is 101 Å². The molecule has 1 aromatic carbocycles. The van der Waals surface area contributed by atoms with Gasteiger partial charge in [0.1, 0.15) is 17.3 Å². The number of aliphatic hydroxyl groups excluding tert-OH is 1. The second-order valence-electron chi connectivity index (χ2n) is 6.30. The first kappa shape index (κ1) is 24.4. The number of carbonyl (C=O) groups is 2. The van der Waals surface area contributed by atoms with Gasteiger partial charge in [-0.25, -0.2) is 4.39 Å². The summed E-state index contributed by atoms with van der Waals surface area (Å²) in [6, 6.07) is 5.39. The zero-order valence-electron chi connectivity index (χ0n) is 15.9. The monoisotopic (exact) mass is 463 g/mol. The molecule has 2 amide bonds. The molecular weight excluding hydrogens is 446 g/mol. The largest absolute Gasteiger partial charge is 0.484 e. The third kappa shape index (κ3) is 8.02. The molecule has 0 saturated heterocycles. The van der Waals surface area contributed by atoms with Crippen molar-refractivity contribution in [2.24, 2.45) is 0 Å². The van der Waals surface area contributed by atoms with E-state index < -0.39 is 42.1 Å². The molecule has 2 rings (SSSR count). The first-order chi connectivity index (χ1) is 14.6. The average Bonchev–Trinajstić information content (AvgIpc) is 2.72. The van der Waals surface area contributed by atoms with Crippen LogP contribution >= 0.6 is 11.6 Å². The van der Waals surface area contributed by atoms with Gasteiger partial charge in [0.05, 0.1) is 16.7 Å². The van der Waals surface area contributed by atoms with Crippen molar-refractivity contribution in [1.29, 1.82) is 0 Å². The number of nitrogens with zero attached hydrogens (tertiary/aromatic N) is 1. The van der Waals surface area contributed by atoms with Crippen molar-refractivity contribution in [1.82, 2.24) is 15.6 Å². The van der Waals surface area contributed by atoms with E-state index in [1.807, 2.05) is 0 Å². The zero-order chi connectivity index (χ0) is 23.0. The van der Waals surface area contributed by atoms with Crippen LogP contribution in [-0.2, 0) is 11.0 Å². The van der Waals surface area contributed by atoms with E-state index >= 15 is 0 Å². The Morgan fingerprint density at radius 1 is 1.19 bits per heavy atom. The zero-order valence-corrected chi connectivity index (χ0v) is 16.6. The Morgan fingerprint density at radius 3 is 2.55 bits per heavy atom. The lowest BCUT2D eigenvalue weighted by Gasteiger charge is -2.13. The maximum atomic E-state index is 13.3. The Bertz CT molecular complexity index is 910. The molecule has 0 radical (unpaired) electrons. The number of hydrogen-bond acceptors (Lipinski definition) is 5. The Hall–Kier alpha value is -2.92. The molecule has 0 saturated carbocycles. The van der Waals surface area contributed by atoms with Gasteiger partial charge in [-0.3, -0.25) is 14.6 Å². The van der Waals surface area contributed by atoms with E-state index in [9.17, 15) is 32.3 Å². The maximum absolute atomic E-state index is 13.3. The average molecular weight is 464 g/mol. The van der Waals surface area contributed by atoms with Crippen LogP contribution in [0.4, 0.5) is 17.6 Å². The van der Waals surface area contributed by atoms with Crippen molar-refractivity contribution < 1.29 is 37.0 Å². The summed E-state index contributed by atoms with van der Waals surface area (Å²) in [5.74, 6) is -1.85. The molecule has 31 heavy (non-hydrogen) atoms. The second-order valence-corrected chi connectivity index (χ2v) is 6.70. The predicted octanol–water partition coefficient (Wildman–Crippen LogP) is 2.57. The normalized spacial score (nSPS) is 12.2. The highest BCUT2D eigenvalue weighted by Crippen LogP contribution is 2.28. The summed E-state index contributed by atoms with van der Waals surface area (Å²) < 4.78 is 55.8. The van der Waals surface area contributed by atoms with Crippen molar-refractivity contribution >= 4 is 23.4 Å².